The van der Waals surface area contributed by atoms with Gasteiger partial charge in [0.15, 0.2) is 12.0 Å². The van der Waals surface area contributed by atoms with Crippen molar-refractivity contribution < 1.29 is 33.3 Å². The molecule has 0 amide bonds. The van der Waals surface area contributed by atoms with Gasteiger partial charge in [0.05, 0.1) is 20.3 Å². The Hall–Kier alpha value is -3.21. The lowest BCUT2D eigenvalue weighted by Crippen LogP contribution is -2.27. The maximum Gasteiger partial charge on any atom is 0.509 e. The Balaban J connectivity index is 2.54. The highest BCUT2D eigenvalue weighted by molar-refractivity contribution is 6.35. The third-order valence-corrected chi connectivity index (χ3v) is 4.84. The van der Waals surface area contributed by atoms with E-state index in [1.807, 2.05) is 0 Å². The number of rotatable bonds is 7. The van der Waals surface area contributed by atoms with Crippen LogP contribution in [0.4, 0.5) is 4.79 Å². The lowest BCUT2D eigenvalue weighted by Gasteiger charge is -2.16. The fraction of sp³-hybridized carbons (Fsp3) is 0.292. The van der Waals surface area contributed by atoms with Crippen LogP contribution < -0.4 is 0 Å². The Morgan fingerprint density at radius 1 is 0.939 bits per heavy atom. The highest BCUT2D eigenvalue weighted by Gasteiger charge is 2.33. The molecular weight excluding hydrogens is 471 g/mol. The predicted octanol–water partition coefficient (Wildman–Crippen LogP) is 5.08. The van der Waals surface area contributed by atoms with Crippen LogP contribution in [0.3, 0.4) is 0 Å². The molecule has 0 aliphatic carbocycles. The normalized spacial score (nSPS) is 11.1. The summed E-state index contributed by atoms with van der Waals surface area (Å²) in [5, 5.41) is 0.625. The second-order valence-electron chi connectivity index (χ2n) is 6.41. The van der Waals surface area contributed by atoms with E-state index in [2.05, 4.69) is 16.6 Å². The smallest absolute Gasteiger partial charge is 0.465 e. The van der Waals surface area contributed by atoms with Gasteiger partial charge in [0, 0.05) is 21.2 Å². The summed E-state index contributed by atoms with van der Waals surface area (Å²) >= 11 is 12.2. The van der Waals surface area contributed by atoms with Crippen LogP contribution in [0.2, 0.25) is 10.0 Å². The molecule has 0 saturated heterocycles. The Bertz CT molecular complexity index is 1050. The summed E-state index contributed by atoms with van der Waals surface area (Å²) in [6, 6.07) is 11.2. The van der Waals surface area contributed by atoms with Crippen molar-refractivity contribution in [3.05, 3.63) is 69.2 Å². The molecule has 0 N–H and O–H groups in total. The van der Waals surface area contributed by atoms with Crippen LogP contribution in [0, 0.1) is 11.8 Å². The zero-order chi connectivity index (χ0) is 24.4. The highest BCUT2D eigenvalue weighted by Crippen LogP contribution is 2.29. The molecule has 2 rings (SSSR count). The quantitative estimate of drug-likeness (QED) is 0.230. The van der Waals surface area contributed by atoms with Gasteiger partial charge in [-0.05, 0) is 43.5 Å². The van der Waals surface area contributed by atoms with Crippen molar-refractivity contribution in [2.24, 2.45) is 0 Å². The van der Waals surface area contributed by atoms with Crippen molar-refractivity contribution in [3.63, 3.8) is 0 Å². The number of carbonyl (C=O) groups excluding carboxylic acids is 3. The van der Waals surface area contributed by atoms with Gasteiger partial charge in [-0.1, -0.05) is 53.4 Å². The average Bonchev–Trinajstić information content (AvgIpc) is 2.78. The number of ether oxygens (including phenoxy) is 4. The summed E-state index contributed by atoms with van der Waals surface area (Å²) in [6.45, 7) is 3.45. The summed E-state index contributed by atoms with van der Waals surface area (Å²) in [4.78, 5) is 36.9. The Morgan fingerprint density at radius 2 is 1.58 bits per heavy atom. The Labute approximate surface area is 201 Å². The first-order valence-corrected chi connectivity index (χ1v) is 10.7. The molecular formula is C24H22Cl2O7. The molecule has 0 fully saturated rings. The molecule has 0 heterocycles. The molecule has 0 bridgehead atoms. The van der Waals surface area contributed by atoms with E-state index in [0.29, 0.717) is 21.7 Å². The number of esters is 2. The molecule has 174 valence electrons. The first-order valence-electron chi connectivity index (χ1n) is 9.95. The van der Waals surface area contributed by atoms with E-state index < -0.39 is 30.1 Å². The second kappa shape index (κ2) is 12.7. The number of methoxy groups -OCH3 is 1. The van der Waals surface area contributed by atoms with Gasteiger partial charge in [-0.25, -0.2) is 4.79 Å². The van der Waals surface area contributed by atoms with E-state index in [4.69, 9.17) is 37.4 Å². The van der Waals surface area contributed by atoms with Gasteiger partial charge in [-0.2, -0.15) is 0 Å². The SMILES string of the molecule is CCOC(=O)C(C(=O)OCC)c1ccccc1C#CC(OC(=O)OC)c1ccc(Cl)cc1Cl. The van der Waals surface area contributed by atoms with E-state index in [0.717, 1.165) is 7.11 Å². The van der Waals surface area contributed by atoms with E-state index in [1.165, 1.54) is 6.07 Å². The minimum atomic E-state index is -1.32. The number of benzene rings is 2. The van der Waals surface area contributed by atoms with Crippen molar-refractivity contribution in [1.82, 2.24) is 0 Å². The van der Waals surface area contributed by atoms with Crippen molar-refractivity contribution in [3.8, 4) is 11.8 Å². The van der Waals surface area contributed by atoms with Crippen LogP contribution in [0.5, 0.6) is 0 Å². The van der Waals surface area contributed by atoms with Crippen molar-refractivity contribution in [1.29, 1.82) is 0 Å². The minimum absolute atomic E-state index is 0.0900. The molecule has 9 heteroatoms. The highest BCUT2D eigenvalue weighted by atomic mass is 35.5. The topological polar surface area (TPSA) is 88.1 Å². The molecule has 1 atom stereocenters. The molecule has 0 radical (unpaired) electrons. The average molecular weight is 493 g/mol. The molecule has 2 aromatic rings. The van der Waals surface area contributed by atoms with Gasteiger partial charge in [0.25, 0.3) is 0 Å². The Kier molecular flexibility index (Phi) is 10.0. The lowest BCUT2D eigenvalue weighted by atomic mass is 9.94. The lowest BCUT2D eigenvalue weighted by molar-refractivity contribution is -0.156. The molecule has 0 saturated carbocycles. The van der Waals surface area contributed by atoms with Crippen molar-refractivity contribution >= 4 is 41.3 Å². The molecule has 7 nitrogen and oxygen atoms in total. The number of hydrogen-bond donors (Lipinski definition) is 0. The van der Waals surface area contributed by atoms with Gasteiger partial charge in [-0.3, -0.25) is 9.59 Å². The van der Waals surface area contributed by atoms with E-state index >= 15 is 0 Å². The molecule has 0 aliphatic heterocycles. The van der Waals surface area contributed by atoms with Crippen LogP contribution in [0.25, 0.3) is 0 Å². The largest absolute Gasteiger partial charge is 0.509 e. The van der Waals surface area contributed by atoms with Crippen LogP contribution in [-0.2, 0) is 28.5 Å². The van der Waals surface area contributed by atoms with Crippen LogP contribution >= 0.6 is 23.2 Å². The van der Waals surface area contributed by atoms with Gasteiger partial charge in [0.2, 0.25) is 0 Å². The molecule has 0 spiro atoms. The molecule has 0 aromatic heterocycles. The maximum absolute atomic E-state index is 12.5. The summed E-state index contributed by atoms with van der Waals surface area (Å²) in [5.41, 5.74) is 1.01. The number of halogens is 2. The minimum Gasteiger partial charge on any atom is -0.465 e. The summed E-state index contributed by atoms with van der Waals surface area (Å²) < 4.78 is 20.0. The zero-order valence-corrected chi connectivity index (χ0v) is 19.7. The van der Waals surface area contributed by atoms with Crippen molar-refractivity contribution in [2.45, 2.75) is 25.9 Å². The molecule has 0 aliphatic rings. The summed E-state index contributed by atoms with van der Waals surface area (Å²) in [7, 11) is 1.16. The van der Waals surface area contributed by atoms with Gasteiger partial charge < -0.3 is 18.9 Å². The zero-order valence-electron chi connectivity index (χ0n) is 18.2. The number of hydrogen-bond acceptors (Lipinski definition) is 7. The number of carbonyl (C=O) groups is 3. The summed E-state index contributed by atoms with van der Waals surface area (Å²) in [6.07, 6.45) is -2.08. The first-order chi connectivity index (χ1) is 15.8. The Morgan fingerprint density at radius 3 is 2.15 bits per heavy atom. The summed E-state index contributed by atoms with van der Waals surface area (Å²) in [5.74, 6) is 2.84. The van der Waals surface area contributed by atoms with E-state index in [1.54, 1.807) is 50.2 Å². The van der Waals surface area contributed by atoms with Crippen LogP contribution in [0.15, 0.2) is 42.5 Å². The third-order valence-electron chi connectivity index (χ3n) is 4.28. The van der Waals surface area contributed by atoms with E-state index in [9.17, 15) is 14.4 Å². The standard InChI is InChI=1S/C24H22Cl2O7/c1-4-31-22(27)21(23(28)32-5-2)17-9-7-6-8-15(17)10-13-20(33-24(29)30-3)18-12-11-16(25)14-19(18)26/h6-9,11-12,14,20-21H,4-5H2,1-3H3. The molecule has 1 unspecified atom stereocenters. The van der Waals surface area contributed by atoms with Crippen LogP contribution in [0.1, 0.15) is 42.6 Å². The van der Waals surface area contributed by atoms with Crippen molar-refractivity contribution in [2.75, 3.05) is 20.3 Å². The molecule has 2 aromatic carbocycles. The first kappa shape index (κ1) is 26.0. The predicted molar refractivity (Wildman–Crippen MR) is 122 cm³/mol. The third kappa shape index (κ3) is 7.14. The van der Waals surface area contributed by atoms with Crippen LogP contribution in [-0.4, -0.2) is 38.4 Å². The monoisotopic (exact) mass is 492 g/mol. The fourth-order valence-corrected chi connectivity index (χ4v) is 3.34. The molecule has 33 heavy (non-hydrogen) atoms. The van der Waals surface area contributed by atoms with Gasteiger partial charge >= 0.3 is 18.1 Å². The fourth-order valence-electron chi connectivity index (χ4n) is 2.84. The van der Waals surface area contributed by atoms with E-state index in [-0.39, 0.29) is 18.2 Å². The maximum atomic E-state index is 12.5. The van der Waals surface area contributed by atoms with Gasteiger partial charge in [0.1, 0.15) is 0 Å². The van der Waals surface area contributed by atoms with Gasteiger partial charge in [-0.15, -0.1) is 0 Å². The second-order valence-corrected chi connectivity index (χ2v) is 7.26.